The minimum Gasteiger partial charge on any atom is -0.325 e. The Hall–Kier alpha value is -1.41. The zero-order chi connectivity index (χ0) is 10.7. The predicted octanol–water partition coefficient (Wildman–Crippen LogP) is 1.44. The number of thiazole rings is 1. The van der Waals surface area contributed by atoms with Gasteiger partial charge in [-0.25, -0.2) is 4.98 Å². The van der Waals surface area contributed by atoms with Gasteiger partial charge in [0.15, 0.2) is 0 Å². The molecule has 1 aromatic rings. The van der Waals surface area contributed by atoms with Crippen LogP contribution in [-0.4, -0.2) is 28.9 Å². The van der Waals surface area contributed by atoms with E-state index >= 15 is 0 Å². The number of amides is 1. The Morgan fingerprint density at radius 2 is 2.43 bits per heavy atom. The van der Waals surface area contributed by atoms with Gasteiger partial charge in [0.1, 0.15) is 10.9 Å². The van der Waals surface area contributed by atoms with Crippen LogP contribution in [0.5, 0.6) is 0 Å². The van der Waals surface area contributed by atoms with Gasteiger partial charge in [-0.15, -0.1) is 11.3 Å². The van der Waals surface area contributed by atoms with Crippen molar-refractivity contribution in [3.63, 3.8) is 0 Å². The molecule has 0 spiro atoms. The molecule has 0 aliphatic carbocycles. The number of aryl methyl sites for hydroxylation is 1. The lowest BCUT2D eigenvalue weighted by Gasteiger charge is -2.17. The van der Waals surface area contributed by atoms with Crippen molar-refractivity contribution >= 4 is 17.2 Å². The van der Waals surface area contributed by atoms with Gasteiger partial charge in [0.05, 0.1) is 17.3 Å². The molecule has 4 nitrogen and oxygen atoms in total. The van der Waals surface area contributed by atoms with E-state index in [4.69, 9.17) is 5.26 Å². The first-order valence-electron chi connectivity index (χ1n) is 4.15. The Balaban J connectivity index is 2.81. The second-order valence-electron chi connectivity index (χ2n) is 2.96. The molecule has 0 aliphatic heterocycles. The lowest BCUT2D eigenvalue weighted by molar-refractivity contribution is 0.0777. The Morgan fingerprint density at radius 1 is 1.79 bits per heavy atom. The molecule has 0 radical (unpaired) electrons. The summed E-state index contributed by atoms with van der Waals surface area (Å²) in [6, 6.07) is 1.60. The number of hydrogen-bond donors (Lipinski definition) is 0. The van der Waals surface area contributed by atoms with Gasteiger partial charge in [0.2, 0.25) is 0 Å². The van der Waals surface area contributed by atoms with Gasteiger partial charge in [-0.3, -0.25) is 4.79 Å². The van der Waals surface area contributed by atoms with Crippen LogP contribution in [0.4, 0.5) is 0 Å². The van der Waals surface area contributed by atoms with E-state index in [0.29, 0.717) is 4.88 Å². The Kier molecular flexibility index (Phi) is 3.20. The fraction of sp³-hybridized carbons (Fsp3) is 0.444. The van der Waals surface area contributed by atoms with Crippen molar-refractivity contribution in [3.8, 4) is 6.07 Å². The largest absolute Gasteiger partial charge is 0.325 e. The zero-order valence-corrected chi connectivity index (χ0v) is 9.13. The molecular formula is C9H11N3OS. The minimum atomic E-state index is -0.412. The summed E-state index contributed by atoms with van der Waals surface area (Å²) in [6.07, 6.45) is 1.54. The molecule has 1 atom stereocenters. The summed E-state index contributed by atoms with van der Waals surface area (Å²) < 4.78 is 0. The Morgan fingerprint density at radius 3 is 2.86 bits per heavy atom. The number of nitrogens with zero attached hydrogens (tertiary/aromatic N) is 3. The van der Waals surface area contributed by atoms with Crippen molar-refractivity contribution in [2.45, 2.75) is 19.9 Å². The number of aromatic nitrogens is 1. The van der Waals surface area contributed by atoms with Crippen molar-refractivity contribution < 1.29 is 4.79 Å². The SMILES string of the molecule is Cc1ncc(C(=O)N(C)C(C)C#N)s1. The topological polar surface area (TPSA) is 57.0 Å². The highest BCUT2D eigenvalue weighted by Crippen LogP contribution is 2.14. The Bertz CT molecular complexity index is 380. The first-order valence-corrected chi connectivity index (χ1v) is 4.97. The number of hydrogen-bond acceptors (Lipinski definition) is 4. The fourth-order valence-electron chi connectivity index (χ4n) is 0.897. The predicted molar refractivity (Wildman–Crippen MR) is 54.0 cm³/mol. The maximum atomic E-state index is 11.7. The third kappa shape index (κ3) is 2.09. The molecule has 5 heteroatoms. The molecular weight excluding hydrogens is 198 g/mol. The minimum absolute atomic E-state index is 0.148. The van der Waals surface area contributed by atoms with E-state index in [-0.39, 0.29) is 5.91 Å². The Labute approximate surface area is 86.8 Å². The highest BCUT2D eigenvalue weighted by atomic mass is 32.1. The molecule has 0 bridgehead atoms. The maximum Gasteiger partial charge on any atom is 0.266 e. The summed E-state index contributed by atoms with van der Waals surface area (Å²) in [7, 11) is 1.62. The quantitative estimate of drug-likeness (QED) is 0.740. The summed E-state index contributed by atoms with van der Waals surface area (Å²) >= 11 is 1.34. The molecule has 0 aliphatic rings. The highest BCUT2D eigenvalue weighted by Gasteiger charge is 2.18. The molecule has 0 fully saturated rings. The molecule has 1 heterocycles. The lowest BCUT2D eigenvalue weighted by atomic mass is 10.3. The van der Waals surface area contributed by atoms with E-state index in [1.54, 1.807) is 20.2 Å². The van der Waals surface area contributed by atoms with E-state index in [0.717, 1.165) is 5.01 Å². The van der Waals surface area contributed by atoms with Gasteiger partial charge in [-0.1, -0.05) is 0 Å². The van der Waals surface area contributed by atoms with E-state index in [2.05, 4.69) is 4.98 Å². The van der Waals surface area contributed by atoms with Crippen molar-refractivity contribution in [3.05, 3.63) is 16.1 Å². The maximum absolute atomic E-state index is 11.7. The molecule has 0 saturated carbocycles. The molecule has 14 heavy (non-hydrogen) atoms. The molecule has 0 saturated heterocycles. The normalized spacial score (nSPS) is 11.9. The fourth-order valence-corrected chi connectivity index (χ4v) is 1.66. The molecule has 1 rings (SSSR count). The van der Waals surface area contributed by atoms with Gasteiger partial charge < -0.3 is 4.90 Å². The van der Waals surface area contributed by atoms with Crippen LogP contribution in [-0.2, 0) is 0 Å². The van der Waals surface area contributed by atoms with Gasteiger partial charge >= 0.3 is 0 Å². The number of carbonyl (C=O) groups excluding carboxylic acids is 1. The van der Waals surface area contributed by atoms with Crippen LogP contribution < -0.4 is 0 Å². The summed E-state index contributed by atoms with van der Waals surface area (Å²) in [6.45, 7) is 3.53. The molecule has 74 valence electrons. The van der Waals surface area contributed by atoms with Crippen LogP contribution in [0.2, 0.25) is 0 Å². The van der Waals surface area contributed by atoms with E-state index < -0.39 is 6.04 Å². The second-order valence-corrected chi connectivity index (χ2v) is 4.20. The van der Waals surface area contributed by atoms with E-state index in [1.807, 2.05) is 13.0 Å². The number of nitriles is 1. The smallest absolute Gasteiger partial charge is 0.266 e. The third-order valence-corrected chi connectivity index (χ3v) is 2.82. The number of carbonyl (C=O) groups is 1. The second kappa shape index (κ2) is 4.20. The van der Waals surface area contributed by atoms with Gasteiger partial charge in [-0.2, -0.15) is 5.26 Å². The summed E-state index contributed by atoms with van der Waals surface area (Å²) in [5, 5.41) is 9.50. The van der Waals surface area contributed by atoms with Crippen LogP contribution in [0.1, 0.15) is 21.6 Å². The van der Waals surface area contributed by atoms with E-state index in [9.17, 15) is 4.79 Å². The zero-order valence-electron chi connectivity index (χ0n) is 8.31. The number of rotatable bonds is 2. The molecule has 1 aromatic heterocycles. The van der Waals surface area contributed by atoms with Crippen molar-refractivity contribution in [1.29, 1.82) is 5.26 Å². The lowest BCUT2D eigenvalue weighted by Crippen LogP contribution is -2.33. The average Bonchev–Trinajstić information content (AvgIpc) is 2.61. The average molecular weight is 209 g/mol. The van der Waals surface area contributed by atoms with Crippen molar-refractivity contribution in [2.75, 3.05) is 7.05 Å². The van der Waals surface area contributed by atoms with Crippen LogP contribution in [0, 0.1) is 18.3 Å². The van der Waals surface area contributed by atoms with Gasteiger partial charge in [-0.05, 0) is 13.8 Å². The molecule has 1 amide bonds. The van der Waals surface area contributed by atoms with E-state index in [1.165, 1.54) is 16.2 Å². The molecule has 1 unspecified atom stereocenters. The van der Waals surface area contributed by atoms with Crippen LogP contribution in [0.15, 0.2) is 6.20 Å². The molecule has 0 aromatic carbocycles. The summed E-state index contributed by atoms with van der Waals surface area (Å²) in [5.41, 5.74) is 0. The first kappa shape index (κ1) is 10.7. The summed E-state index contributed by atoms with van der Waals surface area (Å²) in [5.74, 6) is -0.148. The van der Waals surface area contributed by atoms with Gasteiger partial charge in [0, 0.05) is 7.05 Å². The van der Waals surface area contributed by atoms with Gasteiger partial charge in [0.25, 0.3) is 5.91 Å². The van der Waals surface area contributed by atoms with Crippen LogP contribution in [0.25, 0.3) is 0 Å². The highest BCUT2D eigenvalue weighted by molar-refractivity contribution is 7.13. The first-order chi connectivity index (χ1) is 6.56. The van der Waals surface area contributed by atoms with Crippen LogP contribution in [0.3, 0.4) is 0 Å². The standard InChI is InChI=1S/C9H11N3OS/c1-6(4-10)12(3)9(13)8-5-11-7(2)14-8/h5-6H,1-3H3. The molecule has 0 N–H and O–H groups in total. The van der Waals surface area contributed by atoms with Crippen molar-refractivity contribution in [2.24, 2.45) is 0 Å². The van der Waals surface area contributed by atoms with Crippen LogP contribution >= 0.6 is 11.3 Å². The van der Waals surface area contributed by atoms with Crippen molar-refractivity contribution in [1.82, 2.24) is 9.88 Å². The summed E-state index contributed by atoms with van der Waals surface area (Å²) in [4.78, 5) is 17.7. The third-order valence-electron chi connectivity index (χ3n) is 1.92. The monoisotopic (exact) mass is 209 g/mol.